The van der Waals surface area contributed by atoms with Crippen LogP contribution in [0.15, 0.2) is 12.3 Å². The minimum absolute atomic E-state index is 0.570. The Bertz CT molecular complexity index is 351. The summed E-state index contributed by atoms with van der Waals surface area (Å²) in [5.41, 5.74) is 1.19. The van der Waals surface area contributed by atoms with Crippen LogP contribution < -0.4 is 4.90 Å². The van der Waals surface area contributed by atoms with Crippen LogP contribution in [-0.4, -0.2) is 49.1 Å². The number of anilines is 1. The molecule has 1 atom stereocenters. The van der Waals surface area contributed by atoms with Gasteiger partial charge in [0.1, 0.15) is 0 Å². The van der Waals surface area contributed by atoms with Crippen LogP contribution in [0.2, 0.25) is 0 Å². The van der Waals surface area contributed by atoms with Crippen LogP contribution in [0.3, 0.4) is 0 Å². The third-order valence-electron chi connectivity index (χ3n) is 3.11. The molecule has 1 aliphatic rings. The maximum Gasteiger partial charge on any atom is 0.224 e. The first kappa shape index (κ1) is 11.3. The monoisotopic (exact) mass is 220 g/mol. The second-order valence-corrected chi connectivity index (χ2v) is 4.78. The minimum atomic E-state index is 0.570. The highest BCUT2D eigenvalue weighted by Gasteiger charge is 2.20. The number of hydrogen-bond acceptors (Lipinski definition) is 4. The highest BCUT2D eigenvalue weighted by atomic mass is 15.2. The number of likely N-dealkylation sites (tertiary alicyclic amines) is 1. The summed E-state index contributed by atoms with van der Waals surface area (Å²) >= 11 is 0. The Labute approximate surface area is 97.3 Å². The molecule has 0 spiro atoms. The van der Waals surface area contributed by atoms with Gasteiger partial charge in [0.15, 0.2) is 0 Å². The molecule has 0 aromatic carbocycles. The zero-order valence-electron chi connectivity index (χ0n) is 10.3. The average molecular weight is 220 g/mol. The fourth-order valence-corrected chi connectivity index (χ4v) is 2.21. The standard InChI is InChI=1S/C12H20N4/c1-15(2)12-13-7-6-11(14-12)10-5-4-8-16(3)9-10/h6-7,10H,4-5,8-9H2,1-3H3. The summed E-state index contributed by atoms with van der Waals surface area (Å²) in [5.74, 6) is 1.38. The average Bonchev–Trinajstić information content (AvgIpc) is 2.29. The molecule has 2 rings (SSSR count). The molecule has 0 amide bonds. The van der Waals surface area contributed by atoms with E-state index in [1.807, 2.05) is 25.2 Å². The maximum absolute atomic E-state index is 4.62. The van der Waals surface area contributed by atoms with Crippen LogP contribution in [0.25, 0.3) is 0 Å². The first-order valence-electron chi connectivity index (χ1n) is 5.85. The van der Waals surface area contributed by atoms with Crippen molar-refractivity contribution in [2.24, 2.45) is 0 Å². The van der Waals surface area contributed by atoms with Crippen molar-refractivity contribution in [2.45, 2.75) is 18.8 Å². The van der Waals surface area contributed by atoms with Gasteiger partial charge in [-0.1, -0.05) is 0 Å². The lowest BCUT2D eigenvalue weighted by Crippen LogP contribution is -2.31. The molecule has 1 saturated heterocycles. The van der Waals surface area contributed by atoms with Gasteiger partial charge in [-0.05, 0) is 32.5 Å². The Balaban J connectivity index is 2.16. The Morgan fingerprint density at radius 2 is 2.25 bits per heavy atom. The molecule has 16 heavy (non-hydrogen) atoms. The third-order valence-corrected chi connectivity index (χ3v) is 3.11. The maximum atomic E-state index is 4.62. The summed E-state index contributed by atoms with van der Waals surface area (Å²) in [7, 11) is 6.14. The largest absolute Gasteiger partial charge is 0.347 e. The van der Waals surface area contributed by atoms with E-state index < -0.39 is 0 Å². The van der Waals surface area contributed by atoms with E-state index in [1.54, 1.807) is 0 Å². The van der Waals surface area contributed by atoms with E-state index in [0.717, 1.165) is 12.5 Å². The van der Waals surface area contributed by atoms with E-state index in [-0.39, 0.29) is 0 Å². The normalized spacial score (nSPS) is 22.1. The smallest absolute Gasteiger partial charge is 0.224 e. The van der Waals surface area contributed by atoms with Crippen LogP contribution in [-0.2, 0) is 0 Å². The molecule has 2 heterocycles. The molecule has 1 aliphatic heterocycles. The molecule has 0 radical (unpaired) electrons. The fraction of sp³-hybridized carbons (Fsp3) is 0.667. The molecule has 88 valence electrons. The van der Waals surface area contributed by atoms with Crippen LogP contribution >= 0.6 is 0 Å². The zero-order valence-corrected chi connectivity index (χ0v) is 10.3. The molecule has 1 aromatic heterocycles. The molecule has 4 nitrogen and oxygen atoms in total. The first-order chi connectivity index (χ1) is 7.66. The van der Waals surface area contributed by atoms with Gasteiger partial charge in [0, 0.05) is 32.8 Å². The Hall–Kier alpha value is -1.16. The molecule has 0 N–H and O–H groups in total. The van der Waals surface area contributed by atoms with Crippen molar-refractivity contribution < 1.29 is 0 Å². The van der Waals surface area contributed by atoms with Crippen molar-refractivity contribution >= 4 is 5.95 Å². The quantitative estimate of drug-likeness (QED) is 0.753. The fourth-order valence-electron chi connectivity index (χ4n) is 2.21. The highest BCUT2D eigenvalue weighted by molar-refractivity contribution is 5.28. The number of hydrogen-bond donors (Lipinski definition) is 0. The van der Waals surface area contributed by atoms with Gasteiger partial charge in [-0.15, -0.1) is 0 Å². The summed E-state index contributed by atoms with van der Waals surface area (Å²) < 4.78 is 0. The van der Waals surface area contributed by atoms with Crippen LogP contribution in [0, 0.1) is 0 Å². The van der Waals surface area contributed by atoms with Gasteiger partial charge in [-0.3, -0.25) is 0 Å². The van der Waals surface area contributed by atoms with E-state index in [2.05, 4.69) is 28.0 Å². The molecule has 4 heteroatoms. The van der Waals surface area contributed by atoms with E-state index in [4.69, 9.17) is 0 Å². The molecule has 0 saturated carbocycles. The number of piperidine rings is 1. The Morgan fingerprint density at radius 1 is 1.44 bits per heavy atom. The van der Waals surface area contributed by atoms with Gasteiger partial charge in [-0.2, -0.15) is 0 Å². The third kappa shape index (κ3) is 2.50. The van der Waals surface area contributed by atoms with Crippen LogP contribution in [0.5, 0.6) is 0 Å². The summed E-state index contributed by atoms with van der Waals surface area (Å²) in [6.07, 6.45) is 4.38. The zero-order chi connectivity index (χ0) is 11.5. The second-order valence-electron chi connectivity index (χ2n) is 4.78. The second kappa shape index (κ2) is 4.78. The molecule has 1 aromatic rings. The molecule has 0 bridgehead atoms. The van der Waals surface area contributed by atoms with E-state index in [1.165, 1.54) is 25.1 Å². The minimum Gasteiger partial charge on any atom is -0.347 e. The van der Waals surface area contributed by atoms with Gasteiger partial charge in [0.25, 0.3) is 0 Å². The first-order valence-corrected chi connectivity index (χ1v) is 5.85. The molecular weight excluding hydrogens is 200 g/mol. The van der Waals surface area contributed by atoms with Gasteiger partial charge in [0.2, 0.25) is 5.95 Å². The van der Waals surface area contributed by atoms with E-state index in [9.17, 15) is 0 Å². The molecule has 0 aliphatic carbocycles. The number of rotatable bonds is 2. The summed E-state index contributed by atoms with van der Waals surface area (Å²) in [6, 6.07) is 2.05. The van der Waals surface area contributed by atoms with Crippen molar-refractivity contribution in [1.29, 1.82) is 0 Å². The topological polar surface area (TPSA) is 32.3 Å². The lowest BCUT2D eigenvalue weighted by Gasteiger charge is -2.29. The Kier molecular flexibility index (Phi) is 3.39. The molecular formula is C12H20N4. The SMILES string of the molecule is CN1CCCC(c2ccnc(N(C)C)n2)C1. The van der Waals surface area contributed by atoms with Crippen molar-refractivity contribution in [1.82, 2.24) is 14.9 Å². The lowest BCUT2D eigenvalue weighted by molar-refractivity contribution is 0.248. The van der Waals surface area contributed by atoms with E-state index in [0.29, 0.717) is 5.92 Å². The molecule has 1 unspecified atom stereocenters. The summed E-state index contributed by atoms with van der Waals surface area (Å²) in [4.78, 5) is 13.2. The van der Waals surface area contributed by atoms with Gasteiger partial charge in [-0.25, -0.2) is 9.97 Å². The number of nitrogens with zero attached hydrogens (tertiary/aromatic N) is 4. The van der Waals surface area contributed by atoms with E-state index >= 15 is 0 Å². The number of aromatic nitrogens is 2. The van der Waals surface area contributed by atoms with Gasteiger partial charge >= 0.3 is 0 Å². The predicted molar refractivity (Wildman–Crippen MR) is 65.8 cm³/mol. The lowest BCUT2D eigenvalue weighted by atomic mass is 9.95. The van der Waals surface area contributed by atoms with Crippen molar-refractivity contribution in [3.63, 3.8) is 0 Å². The summed E-state index contributed by atoms with van der Waals surface area (Å²) in [5, 5.41) is 0. The summed E-state index contributed by atoms with van der Waals surface area (Å²) in [6.45, 7) is 2.33. The van der Waals surface area contributed by atoms with Crippen LogP contribution in [0.1, 0.15) is 24.5 Å². The van der Waals surface area contributed by atoms with Crippen LogP contribution in [0.4, 0.5) is 5.95 Å². The van der Waals surface area contributed by atoms with Gasteiger partial charge < -0.3 is 9.80 Å². The molecule has 1 fully saturated rings. The van der Waals surface area contributed by atoms with Crippen molar-refractivity contribution in [2.75, 3.05) is 39.1 Å². The Morgan fingerprint density at radius 3 is 2.94 bits per heavy atom. The number of likely N-dealkylation sites (N-methyl/N-ethyl adjacent to an activating group) is 1. The van der Waals surface area contributed by atoms with Gasteiger partial charge in [0.05, 0.1) is 5.69 Å². The predicted octanol–water partition coefficient (Wildman–Crippen LogP) is 1.35. The van der Waals surface area contributed by atoms with Crippen molar-refractivity contribution in [3.05, 3.63) is 18.0 Å². The highest BCUT2D eigenvalue weighted by Crippen LogP contribution is 2.25. The van der Waals surface area contributed by atoms with Crippen molar-refractivity contribution in [3.8, 4) is 0 Å².